The summed E-state index contributed by atoms with van der Waals surface area (Å²) in [6.07, 6.45) is 9.67. The van der Waals surface area contributed by atoms with E-state index in [0.29, 0.717) is 5.69 Å². The third-order valence-electron chi connectivity index (χ3n) is 4.88. The Morgan fingerprint density at radius 3 is 2.50 bits per heavy atom. The predicted molar refractivity (Wildman–Crippen MR) is 107 cm³/mol. The number of hydrogen-bond acceptors (Lipinski definition) is 9. The van der Waals surface area contributed by atoms with E-state index in [1.807, 2.05) is 0 Å². The molecule has 0 radical (unpaired) electrons. The van der Waals surface area contributed by atoms with Crippen LogP contribution in [0.25, 0.3) is 5.95 Å². The van der Waals surface area contributed by atoms with Crippen molar-refractivity contribution < 1.29 is 9.18 Å². The van der Waals surface area contributed by atoms with Gasteiger partial charge < -0.3 is 22.1 Å². The summed E-state index contributed by atoms with van der Waals surface area (Å²) in [5.41, 5.74) is 11.9. The molecule has 30 heavy (non-hydrogen) atoms. The fourth-order valence-electron chi connectivity index (χ4n) is 3.33. The number of halogens is 1. The molecule has 1 aliphatic carbocycles. The zero-order valence-corrected chi connectivity index (χ0v) is 16.0. The van der Waals surface area contributed by atoms with Crippen LogP contribution in [0.3, 0.4) is 0 Å². The smallest absolute Gasteiger partial charge is 0.268 e. The highest BCUT2D eigenvalue weighted by Crippen LogP contribution is 2.26. The fraction of sp³-hybridized carbons (Fsp3) is 0.333. The fourth-order valence-corrected chi connectivity index (χ4v) is 3.33. The zero-order chi connectivity index (χ0) is 21.1. The second-order valence-corrected chi connectivity index (χ2v) is 6.99. The van der Waals surface area contributed by atoms with Crippen LogP contribution in [-0.4, -0.2) is 47.9 Å². The molecule has 6 N–H and O–H groups in total. The van der Waals surface area contributed by atoms with Crippen molar-refractivity contribution >= 4 is 23.2 Å². The van der Waals surface area contributed by atoms with Gasteiger partial charge in [0.1, 0.15) is 5.82 Å². The minimum absolute atomic E-state index is 0.00290. The van der Waals surface area contributed by atoms with Gasteiger partial charge in [-0.3, -0.25) is 4.79 Å². The number of nitrogens with zero attached hydrogens (tertiary/aromatic N) is 6. The van der Waals surface area contributed by atoms with Gasteiger partial charge in [0.05, 0.1) is 36.0 Å². The lowest BCUT2D eigenvalue weighted by Crippen LogP contribution is -2.43. The van der Waals surface area contributed by atoms with Crippen molar-refractivity contribution in [2.75, 3.05) is 10.6 Å². The Balaban J connectivity index is 1.60. The van der Waals surface area contributed by atoms with E-state index in [2.05, 4.69) is 35.8 Å². The Morgan fingerprint density at radius 1 is 1.13 bits per heavy atom. The molecular weight excluding hydrogens is 391 g/mol. The summed E-state index contributed by atoms with van der Waals surface area (Å²) in [7, 11) is 0. The number of carbonyl (C=O) groups excluding carboxylic acids is 1. The summed E-state index contributed by atoms with van der Waals surface area (Å²) in [6.45, 7) is 0. The van der Waals surface area contributed by atoms with Crippen molar-refractivity contribution in [3.8, 4) is 5.95 Å². The average molecular weight is 412 g/mol. The lowest BCUT2D eigenvalue weighted by atomic mass is 9.91. The molecule has 1 fully saturated rings. The van der Waals surface area contributed by atoms with Gasteiger partial charge in [0.15, 0.2) is 11.6 Å². The van der Waals surface area contributed by atoms with Crippen molar-refractivity contribution in [2.45, 2.75) is 37.8 Å². The van der Waals surface area contributed by atoms with Crippen molar-refractivity contribution in [3.63, 3.8) is 0 Å². The zero-order valence-electron chi connectivity index (χ0n) is 16.0. The highest BCUT2D eigenvalue weighted by molar-refractivity contribution is 5.98. The van der Waals surface area contributed by atoms with Crippen molar-refractivity contribution in [1.82, 2.24) is 29.9 Å². The van der Waals surface area contributed by atoms with Crippen LogP contribution in [0, 0.1) is 5.82 Å². The molecule has 1 saturated carbocycles. The molecule has 3 heterocycles. The molecule has 12 heteroatoms. The summed E-state index contributed by atoms with van der Waals surface area (Å²) < 4.78 is 14.6. The number of anilines is 3. The van der Waals surface area contributed by atoms with Crippen LogP contribution < -0.4 is 22.1 Å². The highest BCUT2D eigenvalue weighted by Gasteiger charge is 2.24. The molecule has 1 amide bonds. The number of nitrogens with one attached hydrogen (secondary N) is 2. The van der Waals surface area contributed by atoms with Crippen molar-refractivity contribution in [1.29, 1.82) is 0 Å². The number of amides is 1. The first-order valence-electron chi connectivity index (χ1n) is 9.49. The molecule has 3 aromatic rings. The standard InChI is InChI=1S/C18H21FN10O/c19-12-7-11(15(21)30)16(28-17(12)27-14-4-2-1-3-13(14)20)26-10-8-22-18(23-9-10)29-24-5-6-25-29/h5-9,13-14H,1-4,20H2,(H2,21,30)(H2,26,27,28)/t13-,14?/m0/s1. The van der Waals surface area contributed by atoms with Crippen LogP contribution in [0.5, 0.6) is 0 Å². The molecule has 1 aliphatic rings. The molecular formula is C18H21FN10O. The first kappa shape index (κ1) is 19.6. The number of nitrogens with two attached hydrogens (primary N) is 2. The average Bonchev–Trinajstić information content (AvgIpc) is 3.27. The van der Waals surface area contributed by atoms with Gasteiger partial charge in [-0.2, -0.15) is 10.2 Å². The van der Waals surface area contributed by atoms with E-state index in [1.165, 1.54) is 29.6 Å². The number of carbonyl (C=O) groups is 1. The molecule has 0 bridgehead atoms. The quantitative estimate of drug-likeness (QED) is 0.464. The normalized spacial score (nSPS) is 18.7. The molecule has 11 nitrogen and oxygen atoms in total. The SMILES string of the molecule is NC(=O)c1cc(F)c(NC2CCCC[C@@H]2N)nc1Nc1cnc(-n2nccn2)nc1. The molecule has 0 aromatic carbocycles. The second kappa shape index (κ2) is 8.37. The van der Waals surface area contributed by atoms with E-state index in [9.17, 15) is 9.18 Å². The first-order chi connectivity index (χ1) is 14.5. The third kappa shape index (κ3) is 4.17. The summed E-state index contributed by atoms with van der Waals surface area (Å²) in [4.78, 5) is 25.6. The number of hydrogen-bond donors (Lipinski definition) is 4. The van der Waals surface area contributed by atoms with Gasteiger partial charge in [-0.1, -0.05) is 12.8 Å². The molecule has 0 spiro atoms. The molecule has 0 aliphatic heterocycles. The van der Waals surface area contributed by atoms with E-state index in [1.54, 1.807) is 0 Å². The molecule has 1 unspecified atom stereocenters. The molecule has 2 atom stereocenters. The number of rotatable bonds is 6. The van der Waals surface area contributed by atoms with Crippen molar-refractivity contribution in [2.24, 2.45) is 11.5 Å². The lowest BCUT2D eigenvalue weighted by molar-refractivity contribution is 0.100. The summed E-state index contributed by atoms with van der Waals surface area (Å²) in [5.74, 6) is -1.14. The number of primary amides is 1. The van der Waals surface area contributed by atoms with Gasteiger partial charge in [-0.15, -0.1) is 4.80 Å². The molecule has 156 valence electrons. The van der Waals surface area contributed by atoms with Crippen LogP contribution in [0.15, 0.2) is 30.9 Å². The first-order valence-corrected chi connectivity index (χ1v) is 9.49. The maximum Gasteiger partial charge on any atom is 0.268 e. The number of aromatic nitrogens is 6. The van der Waals surface area contributed by atoms with Crippen LogP contribution in [0.2, 0.25) is 0 Å². The summed E-state index contributed by atoms with van der Waals surface area (Å²) in [6, 6.07) is 0.860. The largest absolute Gasteiger partial charge is 0.365 e. The molecule has 4 rings (SSSR count). The van der Waals surface area contributed by atoms with Gasteiger partial charge in [0.2, 0.25) is 0 Å². The topological polar surface area (TPSA) is 163 Å². The van der Waals surface area contributed by atoms with Gasteiger partial charge >= 0.3 is 0 Å². The number of pyridine rings is 1. The van der Waals surface area contributed by atoms with Gasteiger partial charge in [0.25, 0.3) is 11.9 Å². The van der Waals surface area contributed by atoms with Crippen LogP contribution in [0.1, 0.15) is 36.0 Å². The highest BCUT2D eigenvalue weighted by atomic mass is 19.1. The van der Waals surface area contributed by atoms with Gasteiger partial charge in [-0.25, -0.2) is 19.3 Å². The van der Waals surface area contributed by atoms with E-state index < -0.39 is 11.7 Å². The monoisotopic (exact) mass is 412 g/mol. The lowest BCUT2D eigenvalue weighted by Gasteiger charge is -2.30. The second-order valence-electron chi connectivity index (χ2n) is 6.99. The van der Waals surface area contributed by atoms with Gasteiger partial charge in [-0.05, 0) is 18.9 Å². The molecule has 3 aromatic heterocycles. The maximum atomic E-state index is 14.6. The summed E-state index contributed by atoms with van der Waals surface area (Å²) in [5, 5.41) is 13.9. The minimum Gasteiger partial charge on any atom is -0.365 e. The van der Waals surface area contributed by atoms with Crippen LogP contribution in [-0.2, 0) is 0 Å². The predicted octanol–water partition coefficient (Wildman–Crippen LogP) is 1.12. The summed E-state index contributed by atoms with van der Waals surface area (Å²) >= 11 is 0. The Morgan fingerprint density at radius 2 is 1.83 bits per heavy atom. The van der Waals surface area contributed by atoms with E-state index in [-0.39, 0.29) is 35.2 Å². The Hall–Kier alpha value is -3.67. The van der Waals surface area contributed by atoms with E-state index in [0.717, 1.165) is 31.7 Å². The minimum atomic E-state index is -0.817. The van der Waals surface area contributed by atoms with Crippen LogP contribution in [0.4, 0.5) is 21.7 Å². The van der Waals surface area contributed by atoms with Crippen molar-refractivity contribution in [3.05, 3.63) is 42.2 Å². The maximum absolute atomic E-state index is 14.6. The van der Waals surface area contributed by atoms with E-state index >= 15 is 0 Å². The Labute approximate surface area is 171 Å². The third-order valence-corrected chi connectivity index (χ3v) is 4.88. The Kier molecular flexibility index (Phi) is 5.48. The molecule has 0 saturated heterocycles. The Bertz CT molecular complexity index is 1020. The van der Waals surface area contributed by atoms with Crippen LogP contribution >= 0.6 is 0 Å². The van der Waals surface area contributed by atoms with Gasteiger partial charge in [0, 0.05) is 12.1 Å². The van der Waals surface area contributed by atoms with E-state index in [4.69, 9.17) is 11.5 Å².